The van der Waals surface area contributed by atoms with Gasteiger partial charge in [0.15, 0.2) is 0 Å². The molecule has 0 spiro atoms. The van der Waals surface area contributed by atoms with Crippen molar-refractivity contribution >= 4 is 45.6 Å². The largest absolute Gasteiger partial charge is 0.494 e. The van der Waals surface area contributed by atoms with E-state index < -0.39 is 5.82 Å². The Balaban J connectivity index is 1.54. The summed E-state index contributed by atoms with van der Waals surface area (Å²) < 4.78 is 19.0. The predicted octanol–water partition coefficient (Wildman–Crippen LogP) is 4.35. The van der Waals surface area contributed by atoms with Crippen molar-refractivity contribution in [1.29, 1.82) is 0 Å². The number of carbonyl (C=O) groups is 1. The molecule has 2 unspecified atom stereocenters. The Morgan fingerprint density at radius 1 is 1.26 bits per heavy atom. The van der Waals surface area contributed by atoms with E-state index in [2.05, 4.69) is 44.7 Å². The lowest BCUT2D eigenvalue weighted by Gasteiger charge is -2.38. The smallest absolute Gasteiger partial charge is 0.248 e. The predicted molar refractivity (Wildman–Crippen MR) is 137 cm³/mol. The second-order valence-electron chi connectivity index (χ2n) is 8.49. The van der Waals surface area contributed by atoms with E-state index in [9.17, 15) is 9.18 Å². The van der Waals surface area contributed by atoms with E-state index >= 15 is 0 Å². The summed E-state index contributed by atoms with van der Waals surface area (Å²) in [7, 11) is 1.53. The first-order valence-corrected chi connectivity index (χ1v) is 11.7. The Hall–Kier alpha value is -3.27. The number of carbonyl (C=O) groups excluding carboxylic acids is 1. The molecule has 0 aliphatic carbocycles. The summed E-state index contributed by atoms with van der Waals surface area (Å²) in [5.41, 5.74) is 1.66. The van der Waals surface area contributed by atoms with E-state index in [1.54, 1.807) is 18.2 Å². The average molecular weight is 499 g/mol. The average Bonchev–Trinajstić information content (AvgIpc) is 2.83. The number of halogens is 2. The number of piperazine rings is 1. The summed E-state index contributed by atoms with van der Waals surface area (Å²) in [6.07, 6.45) is 4.82. The van der Waals surface area contributed by atoms with E-state index in [-0.39, 0.29) is 10.9 Å². The molecule has 2 heterocycles. The number of fused-ring (bicyclic) bond motifs is 1. The number of methoxy groups -OCH3 is 1. The van der Waals surface area contributed by atoms with E-state index in [1.165, 1.54) is 31.6 Å². The molecular formula is C25H28ClFN6O2. The van der Waals surface area contributed by atoms with E-state index in [0.29, 0.717) is 52.5 Å². The SMILES string of the molecule is COc1cc2ncnc(Nc3ccc(F)c(Cl)c3)c2cc1NC(=O)/C=C/CN1C(C)CNCC1C. The first-order valence-electron chi connectivity index (χ1n) is 11.3. The molecule has 1 aliphatic rings. The standard InChI is InChI=1S/C25H28ClFN6O2/c1-15-12-28-13-16(2)33(15)8-4-5-24(34)32-22-10-18-21(11-23(22)35-3)29-14-30-25(18)31-17-6-7-20(27)19(26)9-17/h4-7,9-11,14-16,28H,8,12-13H2,1-3H3,(H,32,34)(H,29,30,31)/b5-4+. The van der Waals surface area contributed by atoms with Crippen LogP contribution < -0.4 is 20.7 Å². The van der Waals surface area contributed by atoms with Gasteiger partial charge in [-0.2, -0.15) is 0 Å². The fraction of sp³-hybridized carbons (Fsp3) is 0.320. The monoisotopic (exact) mass is 498 g/mol. The molecule has 1 aromatic heterocycles. The summed E-state index contributed by atoms with van der Waals surface area (Å²) in [4.78, 5) is 23.7. The van der Waals surface area contributed by atoms with Crippen molar-refractivity contribution in [3.63, 3.8) is 0 Å². The molecule has 3 N–H and O–H groups in total. The highest BCUT2D eigenvalue weighted by molar-refractivity contribution is 6.31. The molecule has 2 aromatic carbocycles. The maximum absolute atomic E-state index is 13.5. The molecule has 184 valence electrons. The van der Waals surface area contributed by atoms with Crippen LogP contribution in [-0.2, 0) is 4.79 Å². The number of ether oxygens (including phenoxy) is 1. The first-order chi connectivity index (χ1) is 16.9. The van der Waals surface area contributed by atoms with Crippen molar-refractivity contribution < 1.29 is 13.9 Å². The molecule has 35 heavy (non-hydrogen) atoms. The molecule has 1 aliphatic heterocycles. The minimum Gasteiger partial charge on any atom is -0.494 e. The zero-order chi connectivity index (χ0) is 24.9. The van der Waals surface area contributed by atoms with Gasteiger partial charge in [-0.1, -0.05) is 17.7 Å². The zero-order valence-electron chi connectivity index (χ0n) is 19.8. The lowest BCUT2D eigenvalue weighted by molar-refractivity contribution is -0.111. The van der Waals surface area contributed by atoms with Crippen molar-refractivity contribution in [1.82, 2.24) is 20.2 Å². The Labute approximate surface area is 208 Å². The highest BCUT2D eigenvalue weighted by atomic mass is 35.5. The van der Waals surface area contributed by atoms with Crippen LogP contribution >= 0.6 is 11.6 Å². The molecular weight excluding hydrogens is 471 g/mol. The van der Waals surface area contributed by atoms with Gasteiger partial charge in [0.25, 0.3) is 0 Å². The molecule has 1 fully saturated rings. The van der Waals surface area contributed by atoms with Crippen LogP contribution in [0.1, 0.15) is 13.8 Å². The number of nitrogens with zero attached hydrogens (tertiary/aromatic N) is 3. The molecule has 1 saturated heterocycles. The topological polar surface area (TPSA) is 91.4 Å². The number of rotatable bonds is 7. The lowest BCUT2D eigenvalue weighted by Crippen LogP contribution is -2.54. The highest BCUT2D eigenvalue weighted by Gasteiger charge is 2.23. The van der Waals surface area contributed by atoms with Crippen LogP contribution in [0.3, 0.4) is 0 Å². The fourth-order valence-electron chi connectivity index (χ4n) is 4.15. The van der Waals surface area contributed by atoms with Crippen molar-refractivity contribution in [3.8, 4) is 5.75 Å². The third-order valence-electron chi connectivity index (χ3n) is 5.99. The summed E-state index contributed by atoms with van der Waals surface area (Å²) in [6, 6.07) is 8.57. The van der Waals surface area contributed by atoms with Crippen LogP contribution in [0.2, 0.25) is 5.02 Å². The number of aromatic nitrogens is 2. The summed E-state index contributed by atoms with van der Waals surface area (Å²) in [5, 5.41) is 10.1. The zero-order valence-corrected chi connectivity index (χ0v) is 20.6. The van der Waals surface area contributed by atoms with Crippen LogP contribution in [-0.4, -0.2) is 59.6 Å². The van der Waals surface area contributed by atoms with Gasteiger partial charge in [0, 0.05) is 54.9 Å². The van der Waals surface area contributed by atoms with E-state index in [4.69, 9.17) is 16.3 Å². The van der Waals surface area contributed by atoms with Crippen molar-refractivity contribution in [2.75, 3.05) is 37.4 Å². The minimum atomic E-state index is -0.506. The number of hydrogen-bond donors (Lipinski definition) is 3. The Morgan fingerprint density at radius 3 is 2.74 bits per heavy atom. The van der Waals surface area contributed by atoms with E-state index in [1.807, 2.05) is 6.08 Å². The van der Waals surface area contributed by atoms with Crippen molar-refractivity contribution in [2.45, 2.75) is 25.9 Å². The quantitative estimate of drug-likeness (QED) is 0.417. The van der Waals surface area contributed by atoms with Gasteiger partial charge in [-0.25, -0.2) is 14.4 Å². The second-order valence-corrected chi connectivity index (χ2v) is 8.90. The molecule has 2 atom stereocenters. The normalized spacial score (nSPS) is 18.7. The molecule has 8 nitrogen and oxygen atoms in total. The third-order valence-corrected chi connectivity index (χ3v) is 6.28. The van der Waals surface area contributed by atoms with Crippen LogP contribution in [0.5, 0.6) is 5.75 Å². The molecule has 10 heteroatoms. The maximum Gasteiger partial charge on any atom is 0.248 e. The van der Waals surface area contributed by atoms with Gasteiger partial charge in [0.2, 0.25) is 5.91 Å². The van der Waals surface area contributed by atoms with Gasteiger partial charge in [0.05, 0.1) is 23.3 Å². The van der Waals surface area contributed by atoms with Crippen LogP contribution in [0.4, 0.5) is 21.6 Å². The summed E-state index contributed by atoms with van der Waals surface area (Å²) in [5.74, 6) is 0.175. The second kappa shape index (κ2) is 11.0. The molecule has 0 saturated carbocycles. The molecule has 0 bridgehead atoms. The third kappa shape index (κ3) is 5.87. The van der Waals surface area contributed by atoms with E-state index in [0.717, 1.165) is 13.1 Å². The summed E-state index contributed by atoms with van der Waals surface area (Å²) >= 11 is 5.90. The Morgan fingerprint density at radius 2 is 2.03 bits per heavy atom. The number of anilines is 3. The van der Waals surface area contributed by atoms with Crippen molar-refractivity contribution in [3.05, 3.63) is 59.7 Å². The van der Waals surface area contributed by atoms with Crippen LogP contribution in [0, 0.1) is 5.82 Å². The minimum absolute atomic E-state index is 0.000579. The number of benzene rings is 2. The molecule has 4 rings (SSSR count). The van der Waals surface area contributed by atoms with Crippen molar-refractivity contribution in [2.24, 2.45) is 0 Å². The molecule has 0 radical (unpaired) electrons. The maximum atomic E-state index is 13.5. The fourth-order valence-corrected chi connectivity index (χ4v) is 4.33. The van der Waals surface area contributed by atoms with Crippen LogP contribution in [0.15, 0.2) is 48.8 Å². The number of amides is 1. The van der Waals surface area contributed by atoms with Gasteiger partial charge in [-0.05, 0) is 38.1 Å². The first kappa shape index (κ1) is 24.8. The van der Waals surface area contributed by atoms with Gasteiger partial charge in [-0.15, -0.1) is 0 Å². The number of nitrogens with one attached hydrogen (secondary N) is 3. The highest BCUT2D eigenvalue weighted by Crippen LogP contribution is 2.33. The lowest BCUT2D eigenvalue weighted by atomic mass is 10.1. The van der Waals surface area contributed by atoms with Gasteiger partial charge in [-0.3, -0.25) is 9.69 Å². The molecule has 3 aromatic rings. The van der Waals surface area contributed by atoms with Crippen LogP contribution in [0.25, 0.3) is 10.9 Å². The summed E-state index contributed by atoms with van der Waals surface area (Å²) in [6.45, 7) is 6.89. The van der Waals surface area contributed by atoms with Gasteiger partial charge in [0.1, 0.15) is 23.7 Å². The Kier molecular flexibility index (Phi) is 7.80. The Bertz CT molecular complexity index is 1240. The van der Waals surface area contributed by atoms with Gasteiger partial charge >= 0.3 is 0 Å². The van der Waals surface area contributed by atoms with Gasteiger partial charge < -0.3 is 20.7 Å². The molecule has 1 amide bonds. The number of hydrogen-bond acceptors (Lipinski definition) is 7.